The fourth-order valence-electron chi connectivity index (χ4n) is 2.26. The van der Waals surface area contributed by atoms with Crippen LogP contribution in [0.2, 0.25) is 0 Å². The number of hydrogen-bond donors (Lipinski definition) is 3. The van der Waals surface area contributed by atoms with Crippen LogP contribution in [0.5, 0.6) is 0 Å². The molecule has 4 N–H and O–H groups in total. The minimum absolute atomic E-state index is 0. The Labute approximate surface area is 159 Å². The van der Waals surface area contributed by atoms with Crippen LogP contribution in [0, 0.1) is 0 Å². The largest absolute Gasteiger partial charge is 0.372 e. The zero-order chi connectivity index (χ0) is 18.2. The standard InChI is InChI=1S/C19H23N3O3.ClH/c1-13(25-2)19(24)22-16-10-6-9-15(11-16)21-18(23)12-17(20)14-7-4-3-5-8-14;/h3-11,13,17H,12,20H2,1-2H3,(H,21,23)(H,22,24);1H. The summed E-state index contributed by atoms with van der Waals surface area (Å²) in [5, 5.41) is 5.53. The second kappa shape index (κ2) is 10.6. The van der Waals surface area contributed by atoms with E-state index in [2.05, 4.69) is 10.6 Å². The molecule has 0 fully saturated rings. The first-order valence-electron chi connectivity index (χ1n) is 8.03. The number of methoxy groups -OCH3 is 1. The van der Waals surface area contributed by atoms with E-state index in [1.165, 1.54) is 7.11 Å². The topological polar surface area (TPSA) is 93.5 Å². The van der Waals surface area contributed by atoms with Gasteiger partial charge in [0.1, 0.15) is 6.10 Å². The monoisotopic (exact) mass is 377 g/mol. The Balaban J connectivity index is 0.00000338. The average Bonchev–Trinajstić information content (AvgIpc) is 2.61. The predicted molar refractivity (Wildman–Crippen MR) is 105 cm³/mol. The number of amides is 2. The van der Waals surface area contributed by atoms with Crippen LogP contribution in [0.15, 0.2) is 54.6 Å². The van der Waals surface area contributed by atoms with Gasteiger partial charge in [0, 0.05) is 30.9 Å². The second-order valence-corrected chi connectivity index (χ2v) is 5.72. The van der Waals surface area contributed by atoms with E-state index in [4.69, 9.17) is 10.5 Å². The highest BCUT2D eigenvalue weighted by molar-refractivity contribution is 5.96. The van der Waals surface area contributed by atoms with Crippen molar-refractivity contribution in [2.24, 2.45) is 5.73 Å². The smallest absolute Gasteiger partial charge is 0.253 e. The molecule has 2 rings (SSSR count). The Morgan fingerprint density at radius 3 is 2.27 bits per heavy atom. The number of carbonyl (C=O) groups excluding carboxylic acids is 2. The zero-order valence-corrected chi connectivity index (χ0v) is 15.6. The first-order chi connectivity index (χ1) is 12.0. The van der Waals surface area contributed by atoms with Gasteiger partial charge < -0.3 is 21.1 Å². The molecule has 2 atom stereocenters. The number of nitrogens with one attached hydrogen (secondary N) is 2. The lowest BCUT2D eigenvalue weighted by molar-refractivity contribution is -0.124. The second-order valence-electron chi connectivity index (χ2n) is 5.72. The quantitative estimate of drug-likeness (QED) is 0.691. The van der Waals surface area contributed by atoms with Gasteiger partial charge in [0.05, 0.1) is 0 Å². The Morgan fingerprint density at radius 1 is 1.04 bits per heavy atom. The van der Waals surface area contributed by atoms with E-state index in [-0.39, 0.29) is 36.7 Å². The zero-order valence-electron chi connectivity index (χ0n) is 14.8. The van der Waals surface area contributed by atoms with Crippen molar-refractivity contribution in [3.8, 4) is 0 Å². The summed E-state index contributed by atoms with van der Waals surface area (Å²) in [4.78, 5) is 24.0. The van der Waals surface area contributed by atoms with Gasteiger partial charge in [-0.25, -0.2) is 0 Å². The molecule has 2 amide bonds. The predicted octanol–water partition coefficient (Wildman–Crippen LogP) is 3.11. The number of benzene rings is 2. The maximum atomic E-state index is 12.2. The molecule has 2 aromatic rings. The van der Waals surface area contributed by atoms with Crippen molar-refractivity contribution in [2.45, 2.75) is 25.5 Å². The molecule has 0 aliphatic carbocycles. The maximum Gasteiger partial charge on any atom is 0.253 e. The third-order valence-electron chi connectivity index (χ3n) is 3.77. The SMILES string of the molecule is COC(C)C(=O)Nc1cccc(NC(=O)CC(N)c2ccccc2)c1.Cl. The van der Waals surface area contributed by atoms with Gasteiger partial charge in [-0.05, 0) is 30.7 Å². The molecule has 0 spiro atoms. The van der Waals surface area contributed by atoms with Gasteiger partial charge in [0.25, 0.3) is 5.91 Å². The molecule has 6 nitrogen and oxygen atoms in total. The highest BCUT2D eigenvalue weighted by atomic mass is 35.5. The van der Waals surface area contributed by atoms with Gasteiger partial charge in [0.15, 0.2) is 0 Å². The van der Waals surface area contributed by atoms with Crippen LogP contribution in [0.1, 0.15) is 24.9 Å². The Kier molecular flexibility index (Phi) is 8.78. The minimum atomic E-state index is -0.554. The maximum absolute atomic E-state index is 12.2. The molecule has 140 valence electrons. The lowest BCUT2D eigenvalue weighted by atomic mass is 10.0. The lowest BCUT2D eigenvalue weighted by Gasteiger charge is -2.14. The average molecular weight is 378 g/mol. The van der Waals surface area contributed by atoms with Gasteiger partial charge >= 0.3 is 0 Å². The molecule has 0 bridgehead atoms. The fraction of sp³-hybridized carbons (Fsp3) is 0.263. The summed E-state index contributed by atoms with van der Waals surface area (Å²) in [6.45, 7) is 1.66. The molecule has 0 radical (unpaired) electrons. The number of ether oxygens (including phenoxy) is 1. The van der Waals surface area contributed by atoms with Crippen molar-refractivity contribution in [1.29, 1.82) is 0 Å². The van der Waals surface area contributed by atoms with Crippen LogP contribution in [-0.4, -0.2) is 25.0 Å². The summed E-state index contributed by atoms with van der Waals surface area (Å²) >= 11 is 0. The minimum Gasteiger partial charge on any atom is -0.372 e. The van der Waals surface area contributed by atoms with Crippen LogP contribution in [-0.2, 0) is 14.3 Å². The van der Waals surface area contributed by atoms with E-state index in [0.717, 1.165) is 5.56 Å². The molecule has 0 aliphatic rings. The molecule has 0 aromatic heterocycles. The Hall–Kier alpha value is -2.41. The number of carbonyl (C=O) groups is 2. The highest BCUT2D eigenvalue weighted by Gasteiger charge is 2.13. The molecule has 0 saturated carbocycles. The van der Waals surface area contributed by atoms with E-state index in [1.54, 1.807) is 31.2 Å². The number of rotatable bonds is 7. The molecular weight excluding hydrogens is 354 g/mol. The number of halogens is 1. The van der Waals surface area contributed by atoms with Crippen LogP contribution in [0.3, 0.4) is 0 Å². The van der Waals surface area contributed by atoms with Crippen LogP contribution in [0.25, 0.3) is 0 Å². The summed E-state index contributed by atoms with van der Waals surface area (Å²) in [6, 6.07) is 16.0. The molecule has 26 heavy (non-hydrogen) atoms. The molecule has 0 saturated heterocycles. The van der Waals surface area contributed by atoms with Gasteiger partial charge in [-0.2, -0.15) is 0 Å². The first kappa shape index (κ1) is 21.6. The van der Waals surface area contributed by atoms with Crippen molar-refractivity contribution < 1.29 is 14.3 Å². The summed E-state index contributed by atoms with van der Waals surface area (Å²) in [5.74, 6) is -0.442. The fourth-order valence-corrected chi connectivity index (χ4v) is 2.26. The molecular formula is C19H24ClN3O3. The third kappa shape index (κ3) is 6.48. The van der Waals surface area contributed by atoms with E-state index in [9.17, 15) is 9.59 Å². The molecule has 0 heterocycles. The Bertz CT molecular complexity index is 725. The van der Waals surface area contributed by atoms with Gasteiger partial charge in [0.2, 0.25) is 5.91 Å². The van der Waals surface area contributed by atoms with Gasteiger partial charge in [-0.1, -0.05) is 36.4 Å². The number of hydrogen-bond acceptors (Lipinski definition) is 4. The number of anilines is 2. The van der Waals surface area contributed by atoms with Crippen LogP contribution in [0.4, 0.5) is 11.4 Å². The van der Waals surface area contributed by atoms with E-state index < -0.39 is 6.10 Å². The van der Waals surface area contributed by atoms with Crippen molar-refractivity contribution in [2.75, 3.05) is 17.7 Å². The summed E-state index contributed by atoms with van der Waals surface area (Å²) < 4.78 is 4.97. The van der Waals surface area contributed by atoms with E-state index in [0.29, 0.717) is 11.4 Å². The van der Waals surface area contributed by atoms with E-state index >= 15 is 0 Å². The summed E-state index contributed by atoms with van der Waals surface area (Å²) in [5.41, 5.74) is 8.15. The van der Waals surface area contributed by atoms with E-state index in [1.807, 2.05) is 30.3 Å². The van der Waals surface area contributed by atoms with Crippen molar-refractivity contribution in [1.82, 2.24) is 0 Å². The van der Waals surface area contributed by atoms with Gasteiger partial charge in [-0.3, -0.25) is 9.59 Å². The van der Waals surface area contributed by atoms with Crippen molar-refractivity contribution in [3.05, 3.63) is 60.2 Å². The van der Waals surface area contributed by atoms with Crippen LogP contribution >= 0.6 is 12.4 Å². The third-order valence-corrected chi connectivity index (χ3v) is 3.77. The summed E-state index contributed by atoms with van der Waals surface area (Å²) in [6.07, 6.45) is -0.386. The van der Waals surface area contributed by atoms with Gasteiger partial charge in [-0.15, -0.1) is 12.4 Å². The van der Waals surface area contributed by atoms with Crippen molar-refractivity contribution in [3.63, 3.8) is 0 Å². The lowest BCUT2D eigenvalue weighted by Crippen LogP contribution is -2.26. The molecule has 2 unspecified atom stereocenters. The Morgan fingerprint density at radius 2 is 1.65 bits per heavy atom. The van der Waals surface area contributed by atoms with Crippen LogP contribution < -0.4 is 16.4 Å². The molecule has 7 heteroatoms. The number of nitrogens with two attached hydrogens (primary N) is 1. The normalized spacial score (nSPS) is 12.4. The highest BCUT2D eigenvalue weighted by Crippen LogP contribution is 2.18. The molecule has 0 aliphatic heterocycles. The first-order valence-corrected chi connectivity index (χ1v) is 8.03. The molecule has 2 aromatic carbocycles. The van der Waals surface area contributed by atoms with Crippen molar-refractivity contribution >= 4 is 35.6 Å². The summed E-state index contributed by atoms with van der Waals surface area (Å²) in [7, 11) is 1.47.